The van der Waals surface area contributed by atoms with Crippen LogP contribution in [0.2, 0.25) is 0 Å². The molecule has 0 aliphatic rings. The predicted molar refractivity (Wildman–Crippen MR) is 42.0 cm³/mol. The summed E-state index contributed by atoms with van der Waals surface area (Å²) in [4.78, 5) is 7.67. The second-order valence-electron chi connectivity index (χ2n) is 1.96. The maximum absolute atomic E-state index is 10.2. The van der Waals surface area contributed by atoms with E-state index in [0.717, 1.165) is 5.37 Å². The normalized spacial score (nSPS) is 8.42. The third-order valence-electron chi connectivity index (χ3n) is 0.991. The molecule has 1 rings (SSSR count). The molecule has 0 atom stereocenters. The minimum absolute atomic E-state index is 0. The third kappa shape index (κ3) is 3.96. The van der Waals surface area contributed by atoms with Crippen molar-refractivity contribution in [1.82, 2.24) is 9.97 Å². The van der Waals surface area contributed by atoms with Crippen LogP contribution in [0.1, 0.15) is 12.8 Å². The Labute approximate surface area is 95.4 Å². The Bertz CT molecular complexity index is 385. The minimum Gasteiger partial charge on any atom is -1.00 e. The Morgan fingerprint density at radius 3 is 2.67 bits per heavy atom. The van der Waals surface area contributed by atoms with Crippen molar-refractivity contribution < 1.29 is 39.4 Å². The van der Waals surface area contributed by atoms with E-state index in [-0.39, 0.29) is 31.0 Å². The molecule has 0 aromatic carbocycles. The zero-order valence-corrected chi connectivity index (χ0v) is 9.67. The molecule has 6 heteroatoms. The fourth-order valence-corrected chi connectivity index (χ4v) is 0.949. The first-order valence-corrected chi connectivity index (χ1v) is 4.04. The molecule has 0 aliphatic heterocycles. The van der Waals surface area contributed by atoms with Gasteiger partial charge in [0.2, 0.25) is 10.3 Å². The number of rotatable bonds is 1. The minimum atomic E-state index is -2.20. The zero-order valence-electron chi connectivity index (χ0n) is 7.85. The van der Waals surface area contributed by atoms with Gasteiger partial charge in [-0.1, -0.05) is 0 Å². The van der Waals surface area contributed by atoms with Crippen LogP contribution in [0.5, 0.6) is 0 Å². The molecule has 0 spiro atoms. The summed E-state index contributed by atoms with van der Waals surface area (Å²) in [5.41, 5.74) is 1.06. The van der Waals surface area contributed by atoms with Gasteiger partial charge in [-0.3, -0.25) is 4.98 Å². The molecule has 0 saturated heterocycles. The summed E-state index contributed by atoms with van der Waals surface area (Å²) in [6.45, 7) is 1.75. The van der Waals surface area contributed by atoms with Crippen LogP contribution >= 0.6 is 0 Å². The smallest absolute Gasteiger partial charge is 1.00 e. The maximum atomic E-state index is 10.2. The summed E-state index contributed by atoms with van der Waals surface area (Å²) >= 11 is 0. The first kappa shape index (κ1) is 11.8. The van der Waals surface area contributed by atoms with Crippen molar-refractivity contribution in [1.29, 1.82) is 0 Å². The van der Waals surface area contributed by atoms with Gasteiger partial charge in [-0.25, -0.2) is 4.98 Å². The number of hydrogen-bond donors (Lipinski definition) is 0. The van der Waals surface area contributed by atoms with E-state index < -0.39 is 10.3 Å². The predicted octanol–water partition coefficient (Wildman–Crippen LogP) is -3.07. The van der Waals surface area contributed by atoms with E-state index in [2.05, 4.69) is 9.97 Å². The first-order valence-electron chi connectivity index (χ1n) is 2.90. The second-order valence-corrected chi connectivity index (χ2v) is 2.72. The van der Waals surface area contributed by atoms with Crippen molar-refractivity contribution >= 4 is 15.7 Å². The molecule has 0 amide bonds. The van der Waals surface area contributed by atoms with Gasteiger partial charge in [0.25, 0.3) is 0 Å². The average Bonchev–Trinajstić information content (AvgIpc) is 1.85. The van der Waals surface area contributed by atoms with E-state index >= 15 is 0 Å². The molecule has 12 heavy (non-hydrogen) atoms. The van der Waals surface area contributed by atoms with Gasteiger partial charge in [-0.15, -0.1) is 0 Å². The molecule has 0 aliphatic carbocycles. The van der Waals surface area contributed by atoms with Gasteiger partial charge in [0.1, 0.15) is 0 Å². The van der Waals surface area contributed by atoms with Gasteiger partial charge in [0, 0.05) is 6.20 Å². The fraction of sp³-hybridized carbons (Fsp3) is 0.167. The van der Waals surface area contributed by atoms with Crippen LogP contribution < -0.4 is 29.6 Å². The van der Waals surface area contributed by atoms with Gasteiger partial charge >= 0.3 is 29.6 Å². The van der Waals surface area contributed by atoms with Crippen LogP contribution in [0.15, 0.2) is 12.4 Å². The number of aromatic nitrogens is 2. The molecule has 1 aromatic heterocycles. The molecule has 4 nitrogen and oxygen atoms in total. The summed E-state index contributed by atoms with van der Waals surface area (Å²) in [5.74, 6) is 0. The second kappa shape index (κ2) is 5.42. The zero-order chi connectivity index (χ0) is 8.27. The van der Waals surface area contributed by atoms with Gasteiger partial charge in [0.05, 0.1) is 23.0 Å². The first-order chi connectivity index (χ1) is 5.18. The van der Waals surface area contributed by atoms with Gasteiger partial charge in [-0.05, 0) is 6.92 Å². The van der Waals surface area contributed by atoms with Crippen molar-refractivity contribution in [3.63, 3.8) is 0 Å². The number of aryl methyl sites for hydroxylation is 1. The van der Waals surface area contributed by atoms with Crippen LogP contribution in [0.3, 0.4) is 0 Å². The average molecular weight is 194 g/mol. The van der Waals surface area contributed by atoms with Crippen molar-refractivity contribution in [2.45, 2.75) is 6.92 Å². The Balaban J connectivity index is 0. The third-order valence-corrected chi connectivity index (χ3v) is 1.42. The van der Waals surface area contributed by atoms with Gasteiger partial charge in [0.15, 0.2) is 0 Å². The topological polar surface area (TPSA) is 59.9 Å². The molecule has 0 bridgehead atoms. The SMILES string of the molecule is Cc1cncc(C=S(=O)=O)n1.[H-].[Na+]. The molecule has 0 radical (unpaired) electrons. The fourth-order valence-electron chi connectivity index (χ4n) is 0.638. The van der Waals surface area contributed by atoms with E-state index in [0.29, 0.717) is 11.4 Å². The van der Waals surface area contributed by atoms with Crippen molar-refractivity contribution in [3.8, 4) is 0 Å². The van der Waals surface area contributed by atoms with Crippen molar-refractivity contribution in [2.24, 2.45) is 0 Å². The van der Waals surface area contributed by atoms with E-state index in [1.54, 1.807) is 13.1 Å². The van der Waals surface area contributed by atoms with Crippen molar-refractivity contribution in [2.75, 3.05) is 0 Å². The van der Waals surface area contributed by atoms with Gasteiger partial charge < -0.3 is 1.43 Å². The van der Waals surface area contributed by atoms with E-state index in [1.165, 1.54) is 6.20 Å². The Kier molecular flexibility index (Phi) is 5.32. The molecule has 60 valence electrons. The molecule has 1 aromatic rings. The molecular formula is C6H7N2NaO2S. The quantitative estimate of drug-likeness (QED) is 0.351. The molecule has 0 unspecified atom stereocenters. The van der Waals surface area contributed by atoms with Gasteiger partial charge in [-0.2, -0.15) is 8.42 Å². The van der Waals surface area contributed by atoms with E-state index in [4.69, 9.17) is 0 Å². The standard InChI is InChI=1S/C6H6N2O2S.Na.H/c1-5-2-7-3-6(8-5)4-11(9)10;;/h2-4H,1H3;;/q;+1;-1. The van der Waals surface area contributed by atoms with E-state index in [1.807, 2.05) is 0 Å². The monoisotopic (exact) mass is 194 g/mol. The summed E-state index contributed by atoms with van der Waals surface area (Å²) < 4.78 is 20.3. The number of hydrogen-bond acceptors (Lipinski definition) is 4. The summed E-state index contributed by atoms with van der Waals surface area (Å²) in [7, 11) is -2.20. The van der Waals surface area contributed by atoms with Crippen LogP contribution in [-0.4, -0.2) is 23.8 Å². The van der Waals surface area contributed by atoms with Crippen molar-refractivity contribution in [3.05, 3.63) is 23.8 Å². The molecule has 0 fully saturated rings. The number of nitrogens with zero attached hydrogens (tertiary/aromatic N) is 2. The Hall–Kier alpha value is -0.230. The Morgan fingerprint density at radius 2 is 2.17 bits per heavy atom. The van der Waals surface area contributed by atoms with E-state index in [9.17, 15) is 8.42 Å². The van der Waals surface area contributed by atoms with Crippen LogP contribution in [0.4, 0.5) is 0 Å². The molecule has 1 heterocycles. The molecule has 0 saturated carbocycles. The molecular weight excluding hydrogens is 187 g/mol. The largest absolute Gasteiger partial charge is 1.00 e. The summed E-state index contributed by atoms with van der Waals surface area (Å²) in [6.07, 6.45) is 2.95. The van der Waals surface area contributed by atoms with Crippen LogP contribution in [0, 0.1) is 6.92 Å². The Morgan fingerprint density at radius 1 is 1.50 bits per heavy atom. The summed E-state index contributed by atoms with van der Waals surface area (Å²) in [5, 5.41) is 1.01. The molecule has 0 N–H and O–H groups in total. The van der Waals surface area contributed by atoms with Crippen LogP contribution in [0.25, 0.3) is 0 Å². The maximum Gasteiger partial charge on any atom is 1.00 e. The summed E-state index contributed by atoms with van der Waals surface area (Å²) in [6, 6.07) is 0. The van der Waals surface area contributed by atoms with Crippen LogP contribution in [-0.2, 0) is 10.3 Å².